The summed E-state index contributed by atoms with van der Waals surface area (Å²) < 4.78 is 3.14. The number of nitrogens with zero attached hydrogens (tertiary/aromatic N) is 4. The maximum Gasteiger partial charge on any atom is 0.0969 e. The van der Waals surface area contributed by atoms with Gasteiger partial charge in [0.2, 0.25) is 0 Å². The molecule has 4 rings (SSSR count). The van der Waals surface area contributed by atoms with Gasteiger partial charge in [0.15, 0.2) is 0 Å². The molecule has 3 aromatic rings. The fourth-order valence-corrected chi connectivity index (χ4v) is 5.00. The molecule has 2 heterocycles. The lowest BCUT2D eigenvalue weighted by Gasteiger charge is -2.36. The van der Waals surface area contributed by atoms with Crippen molar-refractivity contribution in [1.82, 2.24) is 19.7 Å². The Morgan fingerprint density at radius 2 is 2.12 bits per heavy atom. The van der Waals surface area contributed by atoms with E-state index < -0.39 is 0 Å². The standard InChI is InChI=1S/C20H26N4S/c1-4-7-23(2)12-14-8-16(9-14)20-22-18-6-5-15(10-19(18)25-20)17-11-21-24(3)13-17/h5-6,10-11,13-14,16H,4,7-9,12H2,1-3H3. The van der Waals surface area contributed by atoms with Crippen LogP contribution in [0, 0.1) is 5.92 Å². The van der Waals surface area contributed by atoms with Crippen LogP contribution in [0.4, 0.5) is 0 Å². The molecule has 1 fully saturated rings. The highest BCUT2D eigenvalue weighted by atomic mass is 32.1. The number of hydrogen-bond donors (Lipinski definition) is 0. The molecule has 0 N–H and O–H groups in total. The van der Waals surface area contributed by atoms with E-state index in [1.165, 1.54) is 53.2 Å². The summed E-state index contributed by atoms with van der Waals surface area (Å²) in [6, 6.07) is 6.58. The fourth-order valence-electron chi connectivity index (χ4n) is 3.87. The maximum absolute atomic E-state index is 4.91. The lowest BCUT2D eigenvalue weighted by molar-refractivity contribution is 0.181. The quantitative estimate of drug-likeness (QED) is 0.652. The number of benzene rings is 1. The second-order valence-corrected chi connectivity index (χ2v) is 8.50. The van der Waals surface area contributed by atoms with Gasteiger partial charge in [-0.1, -0.05) is 13.0 Å². The second kappa shape index (κ2) is 6.89. The van der Waals surface area contributed by atoms with E-state index in [4.69, 9.17) is 4.98 Å². The van der Waals surface area contributed by atoms with Crippen molar-refractivity contribution in [3.63, 3.8) is 0 Å². The average Bonchev–Trinajstić information content (AvgIpc) is 3.15. The highest BCUT2D eigenvalue weighted by Crippen LogP contribution is 2.44. The number of fused-ring (bicyclic) bond motifs is 1. The minimum Gasteiger partial charge on any atom is -0.306 e. The van der Waals surface area contributed by atoms with Crippen molar-refractivity contribution in [2.45, 2.75) is 32.1 Å². The number of hydrogen-bond acceptors (Lipinski definition) is 4. The molecule has 1 aromatic carbocycles. The Morgan fingerprint density at radius 3 is 2.84 bits per heavy atom. The van der Waals surface area contributed by atoms with Gasteiger partial charge in [-0.25, -0.2) is 4.98 Å². The summed E-state index contributed by atoms with van der Waals surface area (Å²) in [5.41, 5.74) is 3.53. The molecule has 0 unspecified atom stereocenters. The molecule has 4 nitrogen and oxygen atoms in total. The predicted molar refractivity (Wildman–Crippen MR) is 105 cm³/mol. The molecule has 0 bridgehead atoms. The van der Waals surface area contributed by atoms with Crippen molar-refractivity contribution in [1.29, 1.82) is 0 Å². The first-order valence-corrected chi connectivity index (χ1v) is 10.0. The summed E-state index contributed by atoms with van der Waals surface area (Å²) in [5.74, 6) is 1.51. The molecule has 0 atom stereocenters. The summed E-state index contributed by atoms with van der Waals surface area (Å²) in [6.07, 6.45) is 7.81. The van der Waals surface area contributed by atoms with Gasteiger partial charge in [0.1, 0.15) is 0 Å². The van der Waals surface area contributed by atoms with E-state index in [0.717, 1.165) is 11.4 Å². The molecule has 0 spiro atoms. The van der Waals surface area contributed by atoms with E-state index >= 15 is 0 Å². The molecular weight excluding hydrogens is 328 g/mol. The monoisotopic (exact) mass is 354 g/mol. The normalized spacial score (nSPS) is 20.3. The average molecular weight is 355 g/mol. The van der Waals surface area contributed by atoms with Gasteiger partial charge < -0.3 is 4.90 Å². The first-order valence-electron chi connectivity index (χ1n) is 9.20. The van der Waals surface area contributed by atoms with Crippen molar-refractivity contribution in [3.05, 3.63) is 35.6 Å². The van der Waals surface area contributed by atoms with Crippen LogP contribution in [0.15, 0.2) is 30.6 Å². The molecule has 0 aliphatic heterocycles. The minimum atomic E-state index is 0.666. The van der Waals surface area contributed by atoms with Crippen molar-refractivity contribution in [3.8, 4) is 11.1 Å². The van der Waals surface area contributed by atoms with Crippen LogP contribution < -0.4 is 0 Å². The van der Waals surface area contributed by atoms with Crippen LogP contribution in [-0.2, 0) is 7.05 Å². The highest BCUT2D eigenvalue weighted by Gasteiger charge is 2.33. The molecule has 0 amide bonds. The van der Waals surface area contributed by atoms with Crippen LogP contribution in [0.3, 0.4) is 0 Å². The Hall–Kier alpha value is -1.72. The van der Waals surface area contributed by atoms with Crippen LogP contribution in [0.2, 0.25) is 0 Å². The number of rotatable bonds is 6. The van der Waals surface area contributed by atoms with E-state index in [9.17, 15) is 0 Å². The topological polar surface area (TPSA) is 34.0 Å². The van der Waals surface area contributed by atoms with Crippen LogP contribution in [-0.4, -0.2) is 39.8 Å². The van der Waals surface area contributed by atoms with Crippen molar-refractivity contribution in [2.24, 2.45) is 13.0 Å². The van der Waals surface area contributed by atoms with E-state index in [1.54, 1.807) is 0 Å². The minimum absolute atomic E-state index is 0.666. The summed E-state index contributed by atoms with van der Waals surface area (Å²) in [5, 5.41) is 5.60. The van der Waals surface area contributed by atoms with Crippen molar-refractivity contribution >= 4 is 21.6 Å². The number of aryl methyl sites for hydroxylation is 1. The highest BCUT2D eigenvalue weighted by molar-refractivity contribution is 7.18. The van der Waals surface area contributed by atoms with Crippen LogP contribution in [0.1, 0.15) is 37.1 Å². The molecule has 132 valence electrons. The summed E-state index contributed by atoms with van der Waals surface area (Å²) in [4.78, 5) is 7.38. The molecule has 1 aliphatic rings. The Balaban J connectivity index is 1.45. The van der Waals surface area contributed by atoms with Gasteiger partial charge in [-0.15, -0.1) is 11.3 Å². The van der Waals surface area contributed by atoms with Crippen LogP contribution >= 0.6 is 11.3 Å². The van der Waals surface area contributed by atoms with Gasteiger partial charge >= 0.3 is 0 Å². The first kappa shape index (κ1) is 16.7. The third-order valence-corrected chi connectivity index (χ3v) is 6.38. The SMILES string of the molecule is CCCN(C)CC1CC(c2nc3ccc(-c4cnn(C)c4)cc3s2)C1. The Morgan fingerprint density at radius 1 is 1.28 bits per heavy atom. The predicted octanol–water partition coefficient (Wildman–Crippen LogP) is 4.53. The van der Waals surface area contributed by atoms with Gasteiger partial charge in [0.25, 0.3) is 0 Å². The Kier molecular flexibility index (Phi) is 4.61. The Labute approximate surface area is 153 Å². The van der Waals surface area contributed by atoms with Gasteiger partial charge in [-0.05, 0) is 56.5 Å². The number of aromatic nitrogens is 3. The lowest BCUT2D eigenvalue weighted by atomic mass is 9.75. The Bertz CT molecular complexity index is 860. The van der Waals surface area contributed by atoms with E-state index in [2.05, 4.69) is 48.4 Å². The fraction of sp³-hybridized carbons (Fsp3) is 0.500. The molecule has 0 saturated heterocycles. The molecule has 2 aromatic heterocycles. The maximum atomic E-state index is 4.91. The van der Waals surface area contributed by atoms with Crippen LogP contribution in [0.25, 0.3) is 21.3 Å². The summed E-state index contributed by atoms with van der Waals surface area (Å²) in [6.45, 7) is 4.70. The van der Waals surface area contributed by atoms with Crippen LogP contribution in [0.5, 0.6) is 0 Å². The third-order valence-electron chi connectivity index (χ3n) is 5.20. The molecule has 5 heteroatoms. The zero-order chi connectivity index (χ0) is 17.4. The van der Waals surface area contributed by atoms with E-state index in [-0.39, 0.29) is 0 Å². The third kappa shape index (κ3) is 3.48. The van der Waals surface area contributed by atoms with E-state index in [0.29, 0.717) is 5.92 Å². The van der Waals surface area contributed by atoms with Gasteiger partial charge in [0, 0.05) is 31.3 Å². The lowest BCUT2D eigenvalue weighted by Crippen LogP contribution is -2.33. The zero-order valence-corrected chi connectivity index (χ0v) is 16.1. The molecular formula is C20H26N4S. The molecule has 1 aliphatic carbocycles. The molecule has 25 heavy (non-hydrogen) atoms. The van der Waals surface area contributed by atoms with Gasteiger partial charge in [0.05, 0.1) is 21.4 Å². The van der Waals surface area contributed by atoms with Gasteiger partial charge in [-0.3, -0.25) is 4.68 Å². The summed E-state index contributed by atoms with van der Waals surface area (Å²) in [7, 11) is 4.20. The first-order chi connectivity index (χ1) is 12.1. The van der Waals surface area contributed by atoms with Crippen molar-refractivity contribution < 1.29 is 0 Å². The van der Waals surface area contributed by atoms with Crippen molar-refractivity contribution in [2.75, 3.05) is 20.1 Å². The molecule has 0 radical (unpaired) electrons. The smallest absolute Gasteiger partial charge is 0.0969 e. The largest absolute Gasteiger partial charge is 0.306 e. The zero-order valence-electron chi connectivity index (χ0n) is 15.3. The summed E-state index contributed by atoms with van der Waals surface area (Å²) >= 11 is 1.88. The second-order valence-electron chi connectivity index (χ2n) is 7.43. The van der Waals surface area contributed by atoms with Gasteiger partial charge in [-0.2, -0.15) is 5.10 Å². The number of thiazole rings is 1. The van der Waals surface area contributed by atoms with E-state index in [1.807, 2.05) is 29.3 Å². The molecule has 1 saturated carbocycles.